The highest BCUT2D eigenvalue weighted by atomic mass is 19.3. The predicted molar refractivity (Wildman–Crippen MR) is 112 cm³/mol. The van der Waals surface area contributed by atoms with Crippen molar-refractivity contribution >= 4 is 17.5 Å². The Kier molecular flexibility index (Phi) is 5.68. The minimum atomic E-state index is -3.22. The van der Waals surface area contributed by atoms with Crippen LogP contribution in [0.2, 0.25) is 0 Å². The zero-order valence-corrected chi connectivity index (χ0v) is 18.4. The number of alkyl halides is 2. The highest BCUT2D eigenvalue weighted by molar-refractivity contribution is 6.03. The average molecular weight is 450 g/mol. The largest absolute Gasteiger partial charge is 0.468 e. The van der Waals surface area contributed by atoms with Crippen LogP contribution >= 0.6 is 0 Å². The predicted octanol–water partition coefficient (Wildman–Crippen LogP) is 2.04. The Morgan fingerprint density at radius 3 is 2.69 bits per heavy atom. The van der Waals surface area contributed by atoms with Crippen molar-refractivity contribution in [3.8, 4) is 0 Å². The normalized spacial score (nSPS) is 30.2. The van der Waals surface area contributed by atoms with E-state index in [2.05, 4.69) is 22.3 Å². The standard InChI is InChI=1S/C22H29F2N5O3/c1-14-5-7-20(25,8-6-14)9-16-11-29-17(27-16)4-3-15(28-29)10-21(19(31)32-2)12-22(23,24)13-26-18(21)30/h3-4,11,14H,5-10,12-13,25H2,1-2H3,(H,26,30). The second-order valence-electron chi connectivity index (χ2n) is 9.55. The molecule has 0 spiro atoms. The molecule has 1 unspecified atom stereocenters. The first-order chi connectivity index (χ1) is 15.0. The van der Waals surface area contributed by atoms with Crippen molar-refractivity contribution in [2.24, 2.45) is 17.1 Å². The van der Waals surface area contributed by atoms with Crippen molar-refractivity contribution in [2.75, 3.05) is 13.7 Å². The van der Waals surface area contributed by atoms with Gasteiger partial charge in [0, 0.05) is 24.8 Å². The van der Waals surface area contributed by atoms with Crippen molar-refractivity contribution in [1.29, 1.82) is 0 Å². The first-order valence-electron chi connectivity index (χ1n) is 10.9. The van der Waals surface area contributed by atoms with Gasteiger partial charge in [-0.1, -0.05) is 6.92 Å². The number of carbonyl (C=O) groups excluding carboxylic acids is 2. The zero-order chi connectivity index (χ0) is 23.1. The number of imidazole rings is 1. The van der Waals surface area contributed by atoms with Crippen LogP contribution in [0, 0.1) is 11.3 Å². The number of esters is 1. The molecule has 10 heteroatoms. The number of methoxy groups -OCH3 is 1. The summed E-state index contributed by atoms with van der Waals surface area (Å²) in [6, 6.07) is 3.29. The fourth-order valence-electron chi connectivity index (χ4n) is 4.87. The summed E-state index contributed by atoms with van der Waals surface area (Å²) >= 11 is 0. The summed E-state index contributed by atoms with van der Waals surface area (Å²) in [4.78, 5) is 29.6. The number of halogens is 2. The van der Waals surface area contributed by atoms with Gasteiger partial charge in [-0.05, 0) is 43.7 Å². The van der Waals surface area contributed by atoms with Gasteiger partial charge >= 0.3 is 5.97 Å². The first-order valence-corrected chi connectivity index (χ1v) is 10.9. The summed E-state index contributed by atoms with van der Waals surface area (Å²) in [7, 11) is 1.08. The number of nitrogens with zero attached hydrogens (tertiary/aromatic N) is 3. The number of amides is 1. The fourth-order valence-corrected chi connectivity index (χ4v) is 4.87. The van der Waals surface area contributed by atoms with Crippen LogP contribution in [0.25, 0.3) is 5.65 Å². The Morgan fingerprint density at radius 1 is 1.28 bits per heavy atom. The van der Waals surface area contributed by atoms with Crippen molar-refractivity contribution in [1.82, 2.24) is 19.9 Å². The second-order valence-corrected chi connectivity index (χ2v) is 9.55. The van der Waals surface area contributed by atoms with Gasteiger partial charge in [0.05, 0.1) is 31.2 Å². The topological polar surface area (TPSA) is 112 Å². The molecule has 1 amide bonds. The summed E-state index contributed by atoms with van der Waals surface area (Å²) in [5, 5.41) is 6.58. The van der Waals surface area contributed by atoms with E-state index < -0.39 is 36.2 Å². The molecule has 3 heterocycles. The lowest BCUT2D eigenvalue weighted by atomic mass is 9.74. The van der Waals surface area contributed by atoms with Crippen molar-refractivity contribution in [3.05, 3.63) is 29.7 Å². The molecule has 2 aromatic rings. The maximum Gasteiger partial charge on any atom is 0.322 e. The van der Waals surface area contributed by atoms with Crippen LogP contribution in [0.3, 0.4) is 0 Å². The van der Waals surface area contributed by atoms with Crippen LogP contribution in [0.5, 0.6) is 0 Å². The summed E-state index contributed by atoms with van der Waals surface area (Å²) in [6.07, 6.45) is 5.22. The Balaban J connectivity index is 1.59. The van der Waals surface area contributed by atoms with Crippen LogP contribution < -0.4 is 11.1 Å². The first kappa shape index (κ1) is 22.6. The minimum Gasteiger partial charge on any atom is -0.468 e. The van der Waals surface area contributed by atoms with Gasteiger partial charge in [-0.15, -0.1) is 0 Å². The molecule has 2 fully saturated rings. The van der Waals surface area contributed by atoms with E-state index in [1.165, 1.54) is 0 Å². The number of fused-ring (bicyclic) bond motifs is 1. The number of hydrogen-bond acceptors (Lipinski definition) is 6. The fraction of sp³-hybridized carbons (Fsp3) is 0.636. The van der Waals surface area contributed by atoms with Crippen LogP contribution in [0.4, 0.5) is 8.78 Å². The van der Waals surface area contributed by atoms with Gasteiger partial charge in [0.25, 0.3) is 5.92 Å². The Hall–Kier alpha value is -2.62. The SMILES string of the molecule is COC(=O)C1(Cc2ccc3nc(CC4(N)CCC(C)CC4)cn3n2)CC(F)(F)CNC1=O. The quantitative estimate of drug-likeness (QED) is 0.534. The van der Waals surface area contributed by atoms with Crippen molar-refractivity contribution in [3.63, 3.8) is 0 Å². The van der Waals surface area contributed by atoms with E-state index in [-0.39, 0.29) is 12.0 Å². The maximum absolute atomic E-state index is 14.1. The lowest BCUT2D eigenvalue weighted by Crippen LogP contribution is -2.59. The van der Waals surface area contributed by atoms with E-state index in [0.717, 1.165) is 38.5 Å². The van der Waals surface area contributed by atoms with Crippen LogP contribution in [-0.2, 0) is 27.2 Å². The molecule has 0 radical (unpaired) electrons. The molecule has 1 aliphatic heterocycles. The molecule has 8 nitrogen and oxygen atoms in total. The number of piperidine rings is 1. The smallest absolute Gasteiger partial charge is 0.322 e. The summed E-state index contributed by atoms with van der Waals surface area (Å²) in [6.45, 7) is 1.43. The molecule has 3 N–H and O–H groups in total. The van der Waals surface area contributed by atoms with Gasteiger partial charge in [-0.2, -0.15) is 5.10 Å². The molecule has 1 atom stereocenters. The molecule has 1 aliphatic carbocycles. The number of hydrogen-bond donors (Lipinski definition) is 2. The average Bonchev–Trinajstić information content (AvgIpc) is 3.13. The molecule has 2 aromatic heterocycles. The van der Waals surface area contributed by atoms with Gasteiger partial charge < -0.3 is 15.8 Å². The van der Waals surface area contributed by atoms with Crippen LogP contribution in [0.15, 0.2) is 18.3 Å². The van der Waals surface area contributed by atoms with E-state index >= 15 is 0 Å². The van der Waals surface area contributed by atoms with Crippen LogP contribution in [-0.4, -0.2) is 51.6 Å². The summed E-state index contributed by atoms with van der Waals surface area (Å²) in [5.74, 6) is -4.32. The van der Waals surface area contributed by atoms with Crippen molar-refractivity contribution in [2.45, 2.75) is 63.3 Å². The van der Waals surface area contributed by atoms with E-state index in [9.17, 15) is 18.4 Å². The van der Waals surface area contributed by atoms with E-state index in [1.807, 2.05) is 0 Å². The molecule has 0 aromatic carbocycles. The van der Waals surface area contributed by atoms with E-state index in [0.29, 0.717) is 23.7 Å². The molecule has 1 saturated heterocycles. The highest BCUT2D eigenvalue weighted by Crippen LogP contribution is 2.40. The molecular weight excluding hydrogens is 420 g/mol. The monoisotopic (exact) mass is 449 g/mol. The molecule has 32 heavy (non-hydrogen) atoms. The Labute approximate surface area is 184 Å². The lowest BCUT2D eigenvalue weighted by Gasteiger charge is -2.37. The van der Waals surface area contributed by atoms with Crippen molar-refractivity contribution < 1.29 is 23.1 Å². The highest BCUT2D eigenvalue weighted by Gasteiger charge is 2.57. The minimum absolute atomic E-state index is 0.298. The number of carbonyl (C=O) groups is 2. The third kappa shape index (κ3) is 4.32. The molecule has 1 saturated carbocycles. The van der Waals surface area contributed by atoms with Gasteiger partial charge in [-0.3, -0.25) is 9.59 Å². The molecule has 174 valence electrons. The van der Waals surface area contributed by atoms with Gasteiger partial charge in [0.2, 0.25) is 5.91 Å². The molecule has 4 rings (SSSR count). The summed E-state index contributed by atoms with van der Waals surface area (Å²) in [5.41, 5.74) is 5.96. The van der Waals surface area contributed by atoms with E-state index in [1.54, 1.807) is 22.8 Å². The Morgan fingerprint density at radius 2 is 2.00 bits per heavy atom. The lowest BCUT2D eigenvalue weighted by molar-refractivity contribution is -0.172. The van der Waals surface area contributed by atoms with Gasteiger partial charge in [-0.25, -0.2) is 18.3 Å². The van der Waals surface area contributed by atoms with Gasteiger partial charge in [0.1, 0.15) is 0 Å². The maximum atomic E-state index is 14.1. The van der Waals surface area contributed by atoms with E-state index in [4.69, 9.17) is 10.5 Å². The third-order valence-electron chi connectivity index (χ3n) is 6.79. The van der Waals surface area contributed by atoms with Gasteiger partial charge in [0.15, 0.2) is 11.1 Å². The molecular formula is C22H29F2N5O3. The second kappa shape index (κ2) is 8.06. The third-order valence-corrected chi connectivity index (χ3v) is 6.79. The van der Waals surface area contributed by atoms with Crippen LogP contribution in [0.1, 0.15) is 50.4 Å². The zero-order valence-electron chi connectivity index (χ0n) is 18.4. The summed E-state index contributed by atoms with van der Waals surface area (Å²) < 4.78 is 34.6. The molecule has 2 aliphatic rings. The number of ether oxygens (including phenoxy) is 1. The molecule has 0 bridgehead atoms. The number of rotatable bonds is 5. The number of nitrogens with one attached hydrogen (secondary N) is 1. The Bertz CT molecular complexity index is 1020. The number of aromatic nitrogens is 3. The number of nitrogens with two attached hydrogens (primary N) is 1.